The Balaban J connectivity index is 1.89. The maximum atomic E-state index is 12.7. The van der Waals surface area contributed by atoms with Crippen LogP contribution in [0.15, 0.2) is 24.3 Å². The Morgan fingerprint density at radius 2 is 2.26 bits per heavy atom. The van der Waals surface area contributed by atoms with E-state index in [1.165, 1.54) is 11.1 Å². The second-order valence-corrected chi connectivity index (χ2v) is 8.84. The monoisotopic (exact) mass is 423 g/mol. The van der Waals surface area contributed by atoms with E-state index in [9.17, 15) is 4.79 Å². The van der Waals surface area contributed by atoms with E-state index < -0.39 is 6.10 Å². The predicted molar refractivity (Wildman–Crippen MR) is 94.7 cm³/mol. The van der Waals surface area contributed by atoms with Crippen LogP contribution in [0.1, 0.15) is 17.5 Å². The molecule has 0 N–H and O–H groups in total. The molecule has 0 saturated carbocycles. The molecule has 23 heavy (non-hydrogen) atoms. The van der Waals surface area contributed by atoms with Gasteiger partial charge in [-0.15, -0.1) is 0 Å². The van der Waals surface area contributed by atoms with Gasteiger partial charge >= 0.3 is 0 Å². The Labute approximate surface area is 149 Å². The fraction of sp³-hybridized carbons (Fsp3) is 0.500. The van der Waals surface area contributed by atoms with E-state index in [0.717, 1.165) is 30.9 Å². The first-order chi connectivity index (χ1) is 11.0. The van der Waals surface area contributed by atoms with Gasteiger partial charge in [0, 0.05) is 11.6 Å². The van der Waals surface area contributed by atoms with Crippen LogP contribution < -0.4 is 9.47 Å². The molecular weight excluding hydrogens is 405 g/mol. The van der Waals surface area contributed by atoms with Crippen LogP contribution in [0.25, 0.3) is 0 Å². The molecule has 2 bridgehead atoms. The zero-order valence-corrected chi connectivity index (χ0v) is 15.3. The van der Waals surface area contributed by atoms with E-state index in [4.69, 9.17) is 9.47 Å². The van der Waals surface area contributed by atoms with E-state index in [1.54, 1.807) is 13.2 Å². The van der Waals surface area contributed by atoms with Gasteiger partial charge in [-0.1, -0.05) is 34.7 Å². The van der Waals surface area contributed by atoms with Gasteiger partial charge in [-0.2, -0.15) is 0 Å². The molecule has 2 heterocycles. The van der Waals surface area contributed by atoms with Crippen LogP contribution in [0.5, 0.6) is 11.5 Å². The van der Waals surface area contributed by atoms with E-state index in [2.05, 4.69) is 46.7 Å². The summed E-state index contributed by atoms with van der Waals surface area (Å²) in [4.78, 5) is 15.1. The maximum Gasteiger partial charge on any atom is 0.196 e. The fourth-order valence-corrected chi connectivity index (χ4v) is 6.92. The molecule has 5 heteroatoms. The fourth-order valence-electron chi connectivity index (χ4n) is 5.22. The van der Waals surface area contributed by atoms with Crippen molar-refractivity contribution >= 4 is 28.4 Å². The summed E-state index contributed by atoms with van der Waals surface area (Å²) in [5, 5.41) is 0. The highest BCUT2D eigenvalue weighted by Crippen LogP contribution is 2.66. The van der Waals surface area contributed by atoms with Crippen LogP contribution >= 0.6 is 22.6 Å². The molecule has 1 fully saturated rings. The molecule has 1 aromatic carbocycles. The van der Waals surface area contributed by atoms with E-state index in [-0.39, 0.29) is 14.6 Å². The number of carbonyl (C=O) groups excluding carboxylic acids is 1. The van der Waals surface area contributed by atoms with Crippen LogP contribution in [0.2, 0.25) is 0 Å². The van der Waals surface area contributed by atoms with Crippen LogP contribution in [-0.2, 0) is 16.6 Å². The molecule has 5 rings (SSSR count). The number of ketones is 1. The first-order valence-electron chi connectivity index (χ1n) is 8.02. The number of likely N-dealkylation sites (N-methyl/N-ethyl adjacent to an activating group) is 1. The zero-order valence-electron chi connectivity index (χ0n) is 13.1. The lowest BCUT2D eigenvalue weighted by Gasteiger charge is -2.60. The lowest BCUT2D eigenvalue weighted by atomic mass is 9.53. The van der Waals surface area contributed by atoms with Crippen molar-refractivity contribution in [2.24, 2.45) is 0 Å². The third-order valence-corrected chi connectivity index (χ3v) is 8.32. The number of halogens is 1. The average molecular weight is 423 g/mol. The van der Waals surface area contributed by atoms with Crippen LogP contribution in [0.4, 0.5) is 0 Å². The average Bonchev–Trinajstić information content (AvgIpc) is 2.90. The minimum Gasteiger partial charge on any atom is -0.493 e. The molecule has 4 aliphatic rings. The number of methoxy groups -OCH3 is 1. The molecule has 4 atom stereocenters. The summed E-state index contributed by atoms with van der Waals surface area (Å²) >= 11 is 2.59. The van der Waals surface area contributed by atoms with Crippen molar-refractivity contribution in [3.63, 3.8) is 0 Å². The largest absolute Gasteiger partial charge is 0.493 e. The van der Waals surface area contributed by atoms with Crippen molar-refractivity contribution in [3.05, 3.63) is 35.4 Å². The quantitative estimate of drug-likeness (QED) is 0.514. The Kier molecular flexibility index (Phi) is 2.67. The molecule has 0 amide bonds. The van der Waals surface area contributed by atoms with Crippen LogP contribution in [-0.4, -0.2) is 47.0 Å². The molecule has 0 aromatic heterocycles. The number of likely N-dealkylation sites (tertiary alicyclic amines) is 1. The highest BCUT2D eigenvalue weighted by atomic mass is 127. The highest BCUT2D eigenvalue weighted by Gasteiger charge is 2.71. The maximum absolute atomic E-state index is 12.7. The van der Waals surface area contributed by atoms with Gasteiger partial charge < -0.3 is 14.4 Å². The lowest BCUT2D eigenvalue weighted by Crippen LogP contribution is -2.72. The van der Waals surface area contributed by atoms with Gasteiger partial charge in [-0.25, -0.2) is 0 Å². The van der Waals surface area contributed by atoms with Crippen molar-refractivity contribution in [1.29, 1.82) is 0 Å². The van der Waals surface area contributed by atoms with Gasteiger partial charge in [0.25, 0.3) is 0 Å². The molecule has 0 radical (unpaired) electrons. The van der Waals surface area contributed by atoms with Crippen molar-refractivity contribution < 1.29 is 14.3 Å². The van der Waals surface area contributed by atoms with Crippen LogP contribution in [0, 0.1) is 0 Å². The summed E-state index contributed by atoms with van der Waals surface area (Å²) in [6, 6.07) is 4.53. The number of alkyl halides is 1. The van der Waals surface area contributed by atoms with E-state index in [0.29, 0.717) is 6.04 Å². The Morgan fingerprint density at radius 1 is 1.43 bits per heavy atom. The van der Waals surface area contributed by atoms with E-state index >= 15 is 0 Å². The number of nitrogens with zero attached hydrogens (tertiary/aromatic N) is 1. The number of carbonyl (C=O) groups is 1. The van der Waals surface area contributed by atoms with Gasteiger partial charge in [-0.05, 0) is 44.1 Å². The first kappa shape index (κ1) is 14.3. The number of rotatable bonds is 1. The summed E-state index contributed by atoms with van der Waals surface area (Å²) in [6.07, 6.45) is 5.41. The molecule has 2 unspecified atom stereocenters. The minimum absolute atomic E-state index is 0.0895. The van der Waals surface area contributed by atoms with Crippen molar-refractivity contribution in [3.8, 4) is 11.5 Å². The summed E-state index contributed by atoms with van der Waals surface area (Å²) in [6.45, 7) is 0.993. The van der Waals surface area contributed by atoms with E-state index in [1.807, 2.05) is 6.07 Å². The van der Waals surface area contributed by atoms with Crippen molar-refractivity contribution in [2.45, 2.75) is 33.8 Å². The summed E-state index contributed by atoms with van der Waals surface area (Å²) in [7, 11) is 3.86. The third-order valence-electron chi connectivity index (χ3n) is 6.28. The van der Waals surface area contributed by atoms with Gasteiger partial charge in [0.05, 0.1) is 15.9 Å². The number of ether oxygens (including phenoxy) is 2. The first-order valence-corrected chi connectivity index (χ1v) is 9.10. The topological polar surface area (TPSA) is 38.8 Å². The number of benzene rings is 1. The Hall–Kier alpha value is -1.08. The molecule has 1 saturated heterocycles. The predicted octanol–water partition coefficient (Wildman–Crippen LogP) is 2.27. The lowest BCUT2D eigenvalue weighted by molar-refractivity contribution is -0.126. The minimum atomic E-state index is -0.411. The smallest absolute Gasteiger partial charge is 0.196 e. The standard InChI is InChI=1S/C18H18INO3/c1-20-8-7-17-14-10-3-4-12(22-2)15(14)23-16(17)11(21)5-6-18(17,19)13(20)9-10/h3-6,13,16H,7-9H2,1-2H3/t13-,16?,17+,18?/m1/s1. The van der Waals surface area contributed by atoms with Gasteiger partial charge in [0.1, 0.15) is 0 Å². The zero-order chi connectivity index (χ0) is 16.0. The Morgan fingerprint density at radius 3 is 3.04 bits per heavy atom. The number of hydrogen-bond donors (Lipinski definition) is 0. The molecule has 1 spiro atoms. The number of piperidine rings is 1. The second-order valence-electron chi connectivity index (χ2n) is 7.05. The third kappa shape index (κ3) is 1.41. The molecular formula is C18H18INO3. The second kappa shape index (κ2) is 4.30. The summed E-state index contributed by atoms with van der Waals surface area (Å²) < 4.78 is 11.7. The van der Waals surface area contributed by atoms with Crippen LogP contribution in [0.3, 0.4) is 0 Å². The SMILES string of the molecule is COc1ccc2c3c1OC1C(=O)C=CC4(I)[C@@H](C2)N(C)CC[C@]314. The molecule has 120 valence electrons. The molecule has 1 aromatic rings. The molecule has 2 aliphatic heterocycles. The van der Waals surface area contributed by atoms with Gasteiger partial charge in [-0.3, -0.25) is 4.79 Å². The highest BCUT2D eigenvalue weighted by molar-refractivity contribution is 14.1. The normalized spacial score (nSPS) is 39.9. The number of hydrogen-bond acceptors (Lipinski definition) is 4. The van der Waals surface area contributed by atoms with Crippen molar-refractivity contribution in [2.75, 3.05) is 20.7 Å². The summed E-state index contributed by atoms with van der Waals surface area (Å²) in [5.41, 5.74) is 2.29. The van der Waals surface area contributed by atoms with Gasteiger partial charge in [0.2, 0.25) is 0 Å². The van der Waals surface area contributed by atoms with Crippen molar-refractivity contribution in [1.82, 2.24) is 4.90 Å². The summed E-state index contributed by atoms with van der Waals surface area (Å²) in [5.74, 6) is 1.64. The molecule has 2 aliphatic carbocycles. The molecule has 4 nitrogen and oxygen atoms in total. The van der Waals surface area contributed by atoms with Gasteiger partial charge in [0.15, 0.2) is 23.4 Å². The Bertz CT molecular complexity index is 776.